The molecule has 3 aliphatic rings. The minimum atomic E-state index is -2.40. The smallest absolute Gasteiger partial charge is 0.546 e. The van der Waals surface area contributed by atoms with Gasteiger partial charge in [0.05, 0.1) is 18.3 Å². The molecule has 1 amide bonds. The van der Waals surface area contributed by atoms with E-state index in [4.69, 9.17) is 22.1 Å². The summed E-state index contributed by atoms with van der Waals surface area (Å²) in [5.41, 5.74) is 2.40. The number of carbonyl (C=O) groups excluding carboxylic acids is 5. The van der Waals surface area contributed by atoms with Gasteiger partial charge in [-0.2, -0.15) is 0 Å². The molecule has 0 saturated carbocycles. The molecule has 19 heteroatoms. The first kappa shape index (κ1) is 31.1. The largest absolute Gasteiger partial charge is 1.00 e. The second kappa shape index (κ2) is 11.7. The van der Waals surface area contributed by atoms with Crippen LogP contribution in [0.3, 0.4) is 0 Å². The van der Waals surface area contributed by atoms with Crippen LogP contribution in [0.4, 0.5) is 5.13 Å². The van der Waals surface area contributed by atoms with Crippen LogP contribution in [0.15, 0.2) is 5.16 Å². The summed E-state index contributed by atoms with van der Waals surface area (Å²) in [6, 6.07) is 0. The Hall–Kier alpha value is -1.11. The van der Waals surface area contributed by atoms with Crippen molar-refractivity contribution in [3.05, 3.63) is 10.0 Å². The number of nitrogen functional groups attached to an aromatic ring is 1. The Kier molecular flexibility index (Phi) is 10.1. The minimum absolute atomic E-state index is 0. The number of rotatable bonds is 8. The molecule has 3 aliphatic heterocycles. The molecule has 14 nitrogen and oxygen atoms in total. The third-order valence-corrected chi connectivity index (χ3v) is 8.40. The van der Waals surface area contributed by atoms with Crippen LogP contribution in [0.1, 0.15) is 18.5 Å². The maximum Gasteiger partial charge on any atom is 1.00 e. The zero-order chi connectivity index (χ0) is 24.9. The normalized spacial score (nSPS) is 28.5. The number of nitrogens with zero attached hydrogens (tertiary/aromatic N) is 3. The van der Waals surface area contributed by atoms with Crippen molar-refractivity contribution in [1.82, 2.24) is 9.88 Å². The van der Waals surface area contributed by atoms with Gasteiger partial charge in [-0.1, -0.05) is 28.1 Å². The first-order valence-corrected chi connectivity index (χ1v) is 12.0. The molecule has 36 heavy (non-hydrogen) atoms. The predicted octanol–water partition coefficient (Wildman–Crippen LogP) is -9.63. The van der Waals surface area contributed by atoms with Crippen LogP contribution in [0.5, 0.6) is 0 Å². The number of thiazole rings is 1. The van der Waals surface area contributed by atoms with Crippen LogP contribution in [0, 0.1) is 11.8 Å². The number of oxime groups is 1. The molecule has 5 atom stereocenters. The molecular weight excluding hydrogens is 566 g/mol. The van der Waals surface area contributed by atoms with Crippen molar-refractivity contribution in [2.75, 3.05) is 18.1 Å². The van der Waals surface area contributed by atoms with E-state index in [0.29, 0.717) is 4.90 Å². The van der Waals surface area contributed by atoms with E-state index in [2.05, 4.69) is 15.0 Å². The zero-order valence-electron chi connectivity index (χ0n) is 18.8. The van der Waals surface area contributed by atoms with Gasteiger partial charge in [-0.15, -0.1) is 0 Å². The Labute approximate surface area is 257 Å². The minimum Gasteiger partial charge on any atom is -0.546 e. The fraction of sp³-hybridized carbons (Fsp3) is 0.471. The van der Waals surface area contributed by atoms with Crippen molar-refractivity contribution < 1.29 is 107 Å². The number of hydrogen-bond donors (Lipinski definition) is 1. The molecule has 3 saturated heterocycles. The Morgan fingerprint density at radius 2 is 2.00 bits per heavy atom. The number of aromatic nitrogens is 1. The third kappa shape index (κ3) is 5.24. The van der Waals surface area contributed by atoms with Gasteiger partial charge in [0.2, 0.25) is 11.6 Å². The van der Waals surface area contributed by atoms with Crippen molar-refractivity contribution in [2.45, 2.75) is 23.9 Å². The summed E-state index contributed by atoms with van der Waals surface area (Å²) in [5, 5.41) is 24.7. The zero-order valence-corrected chi connectivity index (χ0v) is 25.1. The van der Waals surface area contributed by atoms with Crippen LogP contribution in [0.25, 0.3) is 0 Å². The SMILES string of the molecule is Nc1nc(/C(=N/OCC(=O)[O-])C(=O)C[C@@H]2C(=O)N3[C@@H]2[S@](=O)C[C@@H]2CC(=O)O[C@@]23C(=O)[O-])c(Cl)s1.[Na+].[Na+]. The number of fused-ring (bicyclic) bond motifs is 3. The van der Waals surface area contributed by atoms with Crippen molar-refractivity contribution in [3.63, 3.8) is 0 Å². The fourth-order valence-electron chi connectivity index (χ4n) is 4.16. The average molecular weight is 579 g/mol. The molecule has 0 aliphatic carbocycles. The summed E-state index contributed by atoms with van der Waals surface area (Å²) in [7, 11) is -1.82. The number of esters is 1. The molecule has 182 valence electrons. The number of carbonyl (C=O) groups is 5. The van der Waals surface area contributed by atoms with Gasteiger partial charge in [-0.3, -0.25) is 23.5 Å². The maximum absolute atomic E-state index is 13.0. The number of ketones is 1. The van der Waals surface area contributed by atoms with E-state index in [9.17, 15) is 38.4 Å². The summed E-state index contributed by atoms with van der Waals surface area (Å²) in [4.78, 5) is 69.3. The predicted molar refractivity (Wildman–Crippen MR) is 108 cm³/mol. The second-order valence-corrected chi connectivity index (χ2v) is 10.7. The van der Waals surface area contributed by atoms with Crippen molar-refractivity contribution >= 4 is 74.2 Å². The van der Waals surface area contributed by atoms with Gasteiger partial charge in [0.1, 0.15) is 21.4 Å². The van der Waals surface area contributed by atoms with Crippen molar-refractivity contribution in [1.29, 1.82) is 0 Å². The number of β-lactam (4-membered cyclic amide) rings is 1. The fourth-order valence-corrected chi connectivity index (χ4v) is 7.10. The monoisotopic (exact) mass is 578 g/mol. The Balaban J connectivity index is 0.00000228. The van der Waals surface area contributed by atoms with Crippen molar-refractivity contribution in [2.24, 2.45) is 17.0 Å². The van der Waals surface area contributed by atoms with E-state index in [1.165, 1.54) is 0 Å². The van der Waals surface area contributed by atoms with Crippen LogP contribution >= 0.6 is 22.9 Å². The van der Waals surface area contributed by atoms with Crippen LogP contribution in [0.2, 0.25) is 4.34 Å². The van der Waals surface area contributed by atoms with E-state index in [1.807, 2.05) is 0 Å². The summed E-state index contributed by atoms with van der Waals surface area (Å²) in [5.74, 6) is -8.71. The molecule has 0 bridgehead atoms. The molecule has 3 fully saturated rings. The number of nitrogens with two attached hydrogens (primary N) is 1. The molecule has 1 aromatic heterocycles. The first-order chi connectivity index (χ1) is 16.0. The number of anilines is 1. The molecule has 4 heterocycles. The molecule has 1 aromatic rings. The van der Waals surface area contributed by atoms with E-state index >= 15 is 0 Å². The van der Waals surface area contributed by atoms with Crippen LogP contribution in [-0.2, 0) is 44.3 Å². The molecule has 0 spiro atoms. The van der Waals surface area contributed by atoms with E-state index in [0.717, 1.165) is 11.3 Å². The summed E-state index contributed by atoms with van der Waals surface area (Å²) in [6.07, 6.45) is -0.981. The van der Waals surface area contributed by atoms with Gasteiger partial charge in [0.25, 0.3) is 0 Å². The van der Waals surface area contributed by atoms with Gasteiger partial charge in [-0.25, -0.2) is 4.98 Å². The average Bonchev–Trinajstić information content (AvgIpc) is 3.25. The molecule has 0 unspecified atom stereocenters. The number of ether oxygens (including phenoxy) is 1. The van der Waals surface area contributed by atoms with Gasteiger partial charge in [0, 0.05) is 28.9 Å². The summed E-state index contributed by atoms with van der Waals surface area (Å²) in [6.45, 7) is -1.00. The molecule has 0 radical (unpaired) electrons. The number of carboxylic acids is 2. The number of hydrogen-bond acceptors (Lipinski definition) is 14. The molecule has 4 rings (SSSR count). The van der Waals surface area contributed by atoms with Gasteiger partial charge < -0.3 is 35.1 Å². The number of aliphatic carboxylic acids is 2. The van der Waals surface area contributed by atoms with Crippen molar-refractivity contribution in [3.8, 4) is 0 Å². The Morgan fingerprint density at radius 1 is 1.33 bits per heavy atom. The number of halogens is 1. The van der Waals surface area contributed by atoms with Crippen LogP contribution < -0.4 is 75.1 Å². The van der Waals surface area contributed by atoms with Gasteiger partial charge in [-0.05, 0) is 0 Å². The van der Waals surface area contributed by atoms with E-state index in [1.54, 1.807) is 0 Å². The summed E-state index contributed by atoms with van der Waals surface area (Å²) >= 11 is 6.81. The number of carboxylic acid groups (broad SMARTS) is 2. The Morgan fingerprint density at radius 3 is 2.56 bits per heavy atom. The number of Topliss-reactive ketones (excluding diaryl/α,β-unsaturated/α-hetero) is 1. The van der Waals surface area contributed by atoms with Crippen LogP contribution in [-0.4, -0.2) is 72.9 Å². The molecule has 2 N–H and O–H groups in total. The topological polar surface area (TPSA) is 222 Å². The standard InChI is InChI=1S/C17H15ClN4O10S2.2Na/c18-12-11(20-16(19)33-12)10(21-31-3-8(24)25)7(23)2-6-13(27)22-14(6)34(30)4-5-1-9(26)32-17(5,22)15(28)29;;/h5-6,14H,1-4H2,(H2,19,20)(H,24,25)(H,28,29);;/q;2*+1/p-2/b21-10+;;/t5-,6+,14+,17+,34+;;/m0../s1. The first-order valence-electron chi connectivity index (χ1n) is 9.46. The maximum atomic E-state index is 13.0. The summed E-state index contributed by atoms with van der Waals surface area (Å²) < 4.78 is 17.7. The van der Waals surface area contributed by atoms with Gasteiger partial charge >= 0.3 is 65.1 Å². The second-order valence-electron chi connectivity index (χ2n) is 7.50. The third-order valence-electron chi connectivity index (χ3n) is 5.51. The molecule has 0 aromatic carbocycles. The molecular formula is C17H13ClN4Na2O10S2. The number of amides is 1. The van der Waals surface area contributed by atoms with Gasteiger partial charge in [0.15, 0.2) is 23.2 Å². The quantitative estimate of drug-likeness (QED) is 0.0998. The Bertz CT molecular complexity index is 1200. The van der Waals surface area contributed by atoms with E-state index in [-0.39, 0.29) is 86.5 Å². The van der Waals surface area contributed by atoms with E-state index < -0.39 is 82.1 Å².